The van der Waals surface area contributed by atoms with Gasteiger partial charge in [-0.25, -0.2) is 0 Å². The number of halogens is 2. The fraction of sp³-hybridized carbons (Fsp3) is 0.143. The zero-order chi connectivity index (χ0) is 8.27. The molecule has 0 N–H and O–H groups in total. The minimum Gasteiger partial charge on any atom is -0.145 e. The van der Waals surface area contributed by atoms with Crippen LogP contribution in [0.15, 0.2) is 23.4 Å². The third-order valence-corrected chi connectivity index (χ3v) is 1.95. The second kappa shape index (κ2) is 3.69. The number of hydrogen-bond acceptors (Lipinski definition) is 2. The number of nitrogens with zero attached hydrogens (tertiary/aromatic N) is 1. The molecule has 0 atom stereocenters. The van der Waals surface area contributed by atoms with Crippen LogP contribution in [0.1, 0.15) is 5.56 Å². The summed E-state index contributed by atoms with van der Waals surface area (Å²) in [5, 5.41) is 3.27. The first-order valence-corrected chi connectivity index (χ1v) is 3.87. The van der Waals surface area contributed by atoms with Gasteiger partial charge in [0.1, 0.15) is 5.69 Å². The van der Waals surface area contributed by atoms with E-state index in [1.807, 2.05) is 0 Å². The van der Waals surface area contributed by atoms with Gasteiger partial charge in [-0.2, -0.15) is 0 Å². The van der Waals surface area contributed by atoms with Crippen molar-refractivity contribution in [2.75, 3.05) is 0 Å². The molecule has 2 nitrogen and oxygen atoms in total. The minimum atomic E-state index is 0.209. The van der Waals surface area contributed by atoms with Gasteiger partial charge in [-0.3, -0.25) is 0 Å². The van der Waals surface area contributed by atoms with Crippen LogP contribution in [0.5, 0.6) is 0 Å². The third kappa shape index (κ3) is 1.70. The first kappa shape index (κ1) is 8.50. The molecule has 0 radical (unpaired) electrons. The van der Waals surface area contributed by atoms with Crippen molar-refractivity contribution < 1.29 is 0 Å². The van der Waals surface area contributed by atoms with Crippen LogP contribution >= 0.6 is 23.2 Å². The quantitative estimate of drug-likeness (QED) is 0.518. The Balaban J connectivity index is 3.23. The van der Waals surface area contributed by atoms with E-state index in [-0.39, 0.29) is 5.88 Å². The Bertz CT molecular complexity index is 275. The molecular formula is C7H5Cl2NO. The molecule has 0 unspecified atom stereocenters. The Morgan fingerprint density at radius 1 is 1.45 bits per heavy atom. The Labute approximate surface area is 74.1 Å². The van der Waals surface area contributed by atoms with Crippen molar-refractivity contribution in [1.29, 1.82) is 0 Å². The lowest BCUT2D eigenvalue weighted by molar-refractivity contribution is 1.34. The first-order chi connectivity index (χ1) is 5.29. The van der Waals surface area contributed by atoms with E-state index in [0.717, 1.165) is 0 Å². The molecule has 0 aliphatic heterocycles. The molecule has 4 heteroatoms. The molecule has 1 rings (SSSR count). The molecule has 1 aromatic carbocycles. The van der Waals surface area contributed by atoms with E-state index >= 15 is 0 Å². The molecular weight excluding hydrogens is 185 g/mol. The first-order valence-electron chi connectivity index (χ1n) is 2.96. The van der Waals surface area contributed by atoms with Crippen molar-refractivity contribution in [1.82, 2.24) is 0 Å². The summed E-state index contributed by atoms with van der Waals surface area (Å²) in [4.78, 5) is 10.2. The molecule has 0 amide bonds. The molecule has 58 valence electrons. The SMILES string of the molecule is O=Nc1cccc(Cl)c1CCl. The molecule has 0 aromatic heterocycles. The second-order valence-corrected chi connectivity index (χ2v) is 2.64. The second-order valence-electron chi connectivity index (χ2n) is 1.96. The molecule has 0 bridgehead atoms. The highest BCUT2D eigenvalue weighted by Crippen LogP contribution is 2.27. The smallest absolute Gasteiger partial charge is 0.113 e. The summed E-state index contributed by atoms with van der Waals surface area (Å²) in [5.74, 6) is 0.209. The van der Waals surface area contributed by atoms with E-state index in [0.29, 0.717) is 16.3 Å². The maximum atomic E-state index is 10.2. The average Bonchev–Trinajstić information content (AvgIpc) is 2.04. The number of benzene rings is 1. The molecule has 0 saturated heterocycles. The van der Waals surface area contributed by atoms with Gasteiger partial charge in [0.15, 0.2) is 0 Å². The van der Waals surface area contributed by atoms with Gasteiger partial charge in [0.2, 0.25) is 0 Å². The van der Waals surface area contributed by atoms with Gasteiger partial charge in [-0.1, -0.05) is 17.7 Å². The molecule has 0 aliphatic carbocycles. The normalized spacial score (nSPS) is 9.64. The van der Waals surface area contributed by atoms with E-state index in [4.69, 9.17) is 23.2 Å². The van der Waals surface area contributed by atoms with E-state index in [2.05, 4.69) is 5.18 Å². The van der Waals surface area contributed by atoms with Crippen molar-refractivity contribution in [2.24, 2.45) is 5.18 Å². The molecule has 0 spiro atoms. The number of hydrogen-bond donors (Lipinski definition) is 0. The lowest BCUT2D eigenvalue weighted by Gasteiger charge is -1.99. The van der Waals surface area contributed by atoms with E-state index in [1.165, 1.54) is 0 Å². The molecule has 1 aromatic rings. The lowest BCUT2D eigenvalue weighted by Crippen LogP contribution is -1.79. The van der Waals surface area contributed by atoms with Crippen LogP contribution in [0.3, 0.4) is 0 Å². The minimum absolute atomic E-state index is 0.209. The maximum absolute atomic E-state index is 10.2. The topological polar surface area (TPSA) is 29.4 Å². The Morgan fingerprint density at radius 2 is 2.18 bits per heavy atom. The number of rotatable bonds is 2. The Kier molecular flexibility index (Phi) is 2.85. The summed E-state index contributed by atoms with van der Waals surface area (Å²) in [5.41, 5.74) is 0.901. The van der Waals surface area contributed by atoms with Crippen LogP contribution in [-0.2, 0) is 5.88 Å². The maximum Gasteiger partial charge on any atom is 0.113 e. The van der Waals surface area contributed by atoms with E-state index < -0.39 is 0 Å². The highest BCUT2D eigenvalue weighted by atomic mass is 35.5. The molecule has 0 saturated carbocycles. The van der Waals surface area contributed by atoms with Crippen LogP contribution in [-0.4, -0.2) is 0 Å². The summed E-state index contributed by atoms with van der Waals surface area (Å²) in [6.45, 7) is 0. The van der Waals surface area contributed by atoms with Crippen molar-refractivity contribution in [2.45, 2.75) is 5.88 Å². The summed E-state index contributed by atoms with van der Waals surface area (Å²) >= 11 is 11.3. The van der Waals surface area contributed by atoms with Gasteiger partial charge >= 0.3 is 0 Å². The zero-order valence-electron chi connectivity index (χ0n) is 5.55. The zero-order valence-corrected chi connectivity index (χ0v) is 7.06. The number of nitroso groups, excluding NO2 is 1. The van der Waals surface area contributed by atoms with Crippen molar-refractivity contribution in [3.05, 3.63) is 33.7 Å². The van der Waals surface area contributed by atoms with Gasteiger partial charge in [-0.05, 0) is 17.3 Å². The van der Waals surface area contributed by atoms with Crippen LogP contribution < -0.4 is 0 Å². The fourth-order valence-electron chi connectivity index (χ4n) is 0.765. The average molecular weight is 190 g/mol. The van der Waals surface area contributed by atoms with Gasteiger partial charge in [-0.15, -0.1) is 16.5 Å². The van der Waals surface area contributed by atoms with Gasteiger partial charge in [0.25, 0.3) is 0 Å². The van der Waals surface area contributed by atoms with Gasteiger partial charge in [0, 0.05) is 10.6 Å². The van der Waals surface area contributed by atoms with Crippen LogP contribution in [0.4, 0.5) is 5.69 Å². The van der Waals surface area contributed by atoms with Crippen molar-refractivity contribution in [3.63, 3.8) is 0 Å². The fourth-order valence-corrected chi connectivity index (χ4v) is 1.35. The lowest BCUT2D eigenvalue weighted by atomic mass is 10.2. The predicted octanol–water partition coefficient (Wildman–Crippen LogP) is 3.48. The predicted molar refractivity (Wildman–Crippen MR) is 46.5 cm³/mol. The van der Waals surface area contributed by atoms with Crippen LogP contribution in [0.25, 0.3) is 0 Å². The highest BCUT2D eigenvalue weighted by Gasteiger charge is 2.04. The van der Waals surface area contributed by atoms with Gasteiger partial charge in [0.05, 0.1) is 5.88 Å². The summed E-state index contributed by atoms with van der Waals surface area (Å²) in [7, 11) is 0. The standard InChI is InChI=1S/C7H5Cl2NO/c8-4-5-6(9)2-1-3-7(5)10-11/h1-3H,4H2. The summed E-state index contributed by atoms with van der Waals surface area (Å²) in [6.07, 6.45) is 0. The molecule has 11 heavy (non-hydrogen) atoms. The molecule has 0 aliphatic rings. The summed E-state index contributed by atoms with van der Waals surface area (Å²) in [6, 6.07) is 4.92. The Hall–Kier alpha value is -0.600. The molecule has 0 heterocycles. The van der Waals surface area contributed by atoms with Crippen LogP contribution in [0.2, 0.25) is 5.02 Å². The Morgan fingerprint density at radius 3 is 2.64 bits per heavy atom. The van der Waals surface area contributed by atoms with Crippen LogP contribution in [0, 0.1) is 4.91 Å². The molecule has 0 fully saturated rings. The monoisotopic (exact) mass is 189 g/mol. The number of alkyl halides is 1. The van der Waals surface area contributed by atoms with Crippen molar-refractivity contribution in [3.8, 4) is 0 Å². The van der Waals surface area contributed by atoms with E-state index in [1.54, 1.807) is 18.2 Å². The van der Waals surface area contributed by atoms with Crippen molar-refractivity contribution >= 4 is 28.9 Å². The van der Waals surface area contributed by atoms with Gasteiger partial charge < -0.3 is 0 Å². The largest absolute Gasteiger partial charge is 0.145 e. The highest BCUT2D eigenvalue weighted by molar-refractivity contribution is 6.32. The third-order valence-electron chi connectivity index (χ3n) is 1.33. The van der Waals surface area contributed by atoms with E-state index in [9.17, 15) is 4.91 Å². The summed E-state index contributed by atoms with van der Waals surface area (Å²) < 4.78 is 0.